The molecule has 0 radical (unpaired) electrons. The molecule has 0 saturated heterocycles. The molecule has 1 N–H and O–H groups in total. The number of halogens is 1. The maximum absolute atomic E-state index is 12.2. The lowest BCUT2D eigenvalue weighted by Crippen LogP contribution is -3.11. The topological polar surface area (TPSA) is 81.5 Å². The average molecular weight is 676 g/mol. The van der Waals surface area contributed by atoms with Crippen LogP contribution < -0.4 is 14.3 Å². The van der Waals surface area contributed by atoms with E-state index in [1.54, 1.807) is 29.2 Å². The molecular weight excluding hydrogens is 609 g/mol. The molecule has 0 spiro atoms. The highest BCUT2D eigenvalue weighted by atomic mass is 35.5. The SMILES string of the molecule is C=CCO[C@H](COCCCCCCCCCCCCCCCCCC)COP(=O)([O-])Oc1ccccc1Cl.CC[NH+](CC)CC. The highest BCUT2D eigenvalue weighted by Gasteiger charge is 2.18. The minimum atomic E-state index is -4.60. The van der Waals surface area contributed by atoms with Gasteiger partial charge in [-0.1, -0.05) is 133 Å². The molecule has 0 bridgehead atoms. The number of quaternary nitrogens is 1. The van der Waals surface area contributed by atoms with E-state index in [1.807, 2.05) is 0 Å². The quantitative estimate of drug-likeness (QED) is 0.0498. The van der Waals surface area contributed by atoms with E-state index in [2.05, 4.69) is 34.3 Å². The molecule has 2 atom stereocenters. The van der Waals surface area contributed by atoms with Crippen molar-refractivity contribution in [3.05, 3.63) is 41.9 Å². The zero-order chi connectivity index (χ0) is 33.4. The fourth-order valence-electron chi connectivity index (χ4n) is 4.91. The van der Waals surface area contributed by atoms with Crippen molar-refractivity contribution in [1.29, 1.82) is 0 Å². The molecule has 9 heteroatoms. The smallest absolute Gasteiger partial charge is 0.319 e. The summed E-state index contributed by atoms with van der Waals surface area (Å²) >= 11 is 5.95. The molecule has 264 valence electrons. The second kappa shape index (κ2) is 31.7. The highest BCUT2D eigenvalue weighted by Crippen LogP contribution is 2.42. The molecule has 0 aliphatic heterocycles. The molecule has 7 nitrogen and oxygen atoms in total. The van der Waals surface area contributed by atoms with Gasteiger partial charge in [-0.3, -0.25) is 4.57 Å². The molecule has 0 aromatic heterocycles. The lowest BCUT2D eigenvalue weighted by molar-refractivity contribution is -0.894. The normalized spacial score (nSPS) is 13.2. The second-order valence-electron chi connectivity index (χ2n) is 11.7. The Labute approximate surface area is 282 Å². The summed E-state index contributed by atoms with van der Waals surface area (Å²) in [6.45, 7) is 17.3. The summed E-state index contributed by atoms with van der Waals surface area (Å²) in [5.41, 5.74) is 0. The van der Waals surface area contributed by atoms with Crippen LogP contribution >= 0.6 is 19.4 Å². The number of para-hydroxylation sites is 1. The van der Waals surface area contributed by atoms with Gasteiger partial charge in [-0.05, 0) is 39.3 Å². The largest absolute Gasteiger partial charge is 0.746 e. The Balaban J connectivity index is 0.00000246. The van der Waals surface area contributed by atoms with Crippen LogP contribution in [0.15, 0.2) is 36.9 Å². The van der Waals surface area contributed by atoms with Crippen molar-refractivity contribution >= 4 is 19.4 Å². The fourth-order valence-corrected chi connectivity index (χ4v) is 5.94. The number of phosphoric acid groups is 1. The molecule has 0 aliphatic carbocycles. The highest BCUT2D eigenvalue weighted by molar-refractivity contribution is 7.46. The Morgan fingerprint density at radius 3 is 1.73 bits per heavy atom. The molecule has 0 heterocycles. The van der Waals surface area contributed by atoms with Crippen LogP contribution in [-0.4, -0.2) is 52.2 Å². The van der Waals surface area contributed by atoms with Gasteiger partial charge in [0.1, 0.15) is 11.9 Å². The standard InChI is InChI=1S/C30H52ClO6P.C6H15N/c1-3-5-6-7-8-9-10-11-12-13-14-15-16-17-18-21-25-34-26-28(35-24-4-2)27-36-38(32,33)37-30-23-20-19-22-29(30)31;1-4-7(5-2)6-3/h4,19-20,22-23,28H,2-3,5-18,21,24-27H2,1H3,(H,32,33);4-6H2,1-3H3/t28-;/m1./s1. The third kappa shape index (κ3) is 27.9. The molecule has 1 aromatic carbocycles. The number of rotatable bonds is 30. The summed E-state index contributed by atoms with van der Waals surface area (Å²) in [5.74, 6) is 0.0239. The Bertz CT molecular complexity index is 836. The van der Waals surface area contributed by atoms with Crippen molar-refractivity contribution in [3.8, 4) is 5.75 Å². The average Bonchev–Trinajstić information content (AvgIpc) is 3.03. The van der Waals surface area contributed by atoms with Gasteiger partial charge in [-0.2, -0.15) is 0 Å². The first kappa shape index (κ1) is 44.1. The molecule has 1 unspecified atom stereocenters. The van der Waals surface area contributed by atoms with Gasteiger partial charge in [0.05, 0.1) is 44.5 Å². The van der Waals surface area contributed by atoms with Crippen LogP contribution in [0.5, 0.6) is 5.75 Å². The minimum Gasteiger partial charge on any atom is -0.746 e. The van der Waals surface area contributed by atoms with E-state index in [9.17, 15) is 9.46 Å². The number of phosphoric ester groups is 1. The first-order chi connectivity index (χ1) is 21.8. The van der Waals surface area contributed by atoms with Crippen LogP contribution in [0.1, 0.15) is 130 Å². The number of hydrogen-bond acceptors (Lipinski definition) is 6. The number of unbranched alkanes of at least 4 members (excludes halogenated alkanes) is 15. The number of ether oxygens (including phenoxy) is 2. The third-order valence-electron chi connectivity index (χ3n) is 7.86. The van der Waals surface area contributed by atoms with Gasteiger partial charge in [0.25, 0.3) is 0 Å². The number of benzene rings is 1. The van der Waals surface area contributed by atoms with E-state index in [4.69, 9.17) is 30.1 Å². The maximum atomic E-state index is 12.2. The summed E-state index contributed by atoms with van der Waals surface area (Å²) in [4.78, 5) is 13.9. The summed E-state index contributed by atoms with van der Waals surface area (Å²) in [7, 11) is -4.60. The van der Waals surface area contributed by atoms with Crippen LogP contribution in [0.4, 0.5) is 0 Å². The molecular formula is C36H67ClNO6P. The zero-order valence-electron chi connectivity index (χ0n) is 29.2. The third-order valence-corrected chi connectivity index (χ3v) is 9.06. The fraction of sp³-hybridized carbons (Fsp3) is 0.778. The van der Waals surface area contributed by atoms with Crippen molar-refractivity contribution < 1.29 is 32.9 Å². The van der Waals surface area contributed by atoms with E-state index >= 15 is 0 Å². The molecule has 0 fully saturated rings. The summed E-state index contributed by atoms with van der Waals surface area (Å²) in [5, 5.41) is 0.189. The molecule has 0 amide bonds. The monoisotopic (exact) mass is 675 g/mol. The van der Waals surface area contributed by atoms with E-state index < -0.39 is 13.9 Å². The Kier molecular flexibility index (Phi) is 31.0. The Morgan fingerprint density at radius 1 is 0.800 bits per heavy atom. The van der Waals surface area contributed by atoms with Crippen LogP contribution in [-0.2, 0) is 18.6 Å². The van der Waals surface area contributed by atoms with Gasteiger partial charge in [0.15, 0.2) is 0 Å². The molecule has 0 saturated carbocycles. The lowest BCUT2D eigenvalue weighted by Gasteiger charge is -2.26. The number of nitrogens with one attached hydrogen (secondary N) is 1. The molecule has 1 rings (SSSR count). The number of hydrogen-bond donors (Lipinski definition) is 1. The van der Waals surface area contributed by atoms with Crippen LogP contribution in [0.2, 0.25) is 5.02 Å². The van der Waals surface area contributed by atoms with Gasteiger partial charge in [-0.15, -0.1) is 6.58 Å². The van der Waals surface area contributed by atoms with Gasteiger partial charge in [0, 0.05) is 6.61 Å². The van der Waals surface area contributed by atoms with Crippen LogP contribution in [0.3, 0.4) is 0 Å². The molecule has 1 aromatic rings. The zero-order valence-corrected chi connectivity index (χ0v) is 30.9. The van der Waals surface area contributed by atoms with Gasteiger partial charge < -0.3 is 28.3 Å². The van der Waals surface area contributed by atoms with Gasteiger partial charge in [0.2, 0.25) is 0 Å². The van der Waals surface area contributed by atoms with Gasteiger partial charge in [-0.25, -0.2) is 0 Å². The predicted molar refractivity (Wildman–Crippen MR) is 189 cm³/mol. The van der Waals surface area contributed by atoms with Crippen molar-refractivity contribution in [2.75, 3.05) is 46.1 Å². The van der Waals surface area contributed by atoms with E-state index in [-0.39, 0.29) is 30.6 Å². The molecule has 45 heavy (non-hydrogen) atoms. The van der Waals surface area contributed by atoms with E-state index in [1.165, 1.54) is 116 Å². The van der Waals surface area contributed by atoms with Crippen molar-refractivity contribution in [3.63, 3.8) is 0 Å². The summed E-state index contributed by atoms with van der Waals surface area (Å²) in [6, 6.07) is 6.31. The van der Waals surface area contributed by atoms with E-state index in [0.717, 1.165) is 12.8 Å². The maximum Gasteiger partial charge on any atom is 0.319 e. The van der Waals surface area contributed by atoms with E-state index in [0.29, 0.717) is 6.61 Å². The first-order valence-corrected chi connectivity index (χ1v) is 19.7. The Hall–Kier alpha value is -0.920. The van der Waals surface area contributed by atoms with Gasteiger partial charge >= 0.3 is 7.82 Å². The summed E-state index contributed by atoms with van der Waals surface area (Å²) in [6.07, 6.45) is 22.3. The van der Waals surface area contributed by atoms with Crippen LogP contribution in [0.25, 0.3) is 0 Å². The van der Waals surface area contributed by atoms with Crippen molar-refractivity contribution in [2.45, 2.75) is 137 Å². The van der Waals surface area contributed by atoms with Crippen LogP contribution in [0, 0.1) is 0 Å². The Morgan fingerprint density at radius 2 is 1.29 bits per heavy atom. The minimum absolute atomic E-state index is 0.0239. The first-order valence-electron chi connectivity index (χ1n) is 17.9. The van der Waals surface area contributed by atoms with Crippen molar-refractivity contribution in [1.82, 2.24) is 0 Å². The lowest BCUT2D eigenvalue weighted by atomic mass is 10.0. The molecule has 0 aliphatic rings. The van der Waals surface area contributed by atoms with Crippen molar-refractivity contribution in [2.24, 2.45) is 0 Å². The predicted octanol–water partition coefficient (Wildman–Crippen LogP) is 8.98. The summed E-state index contributed by atoms with van der Waals surface area (Å²) < 4.78 is 33.5. The second-order valence-corrected chi connectivity index (χ2v) is 13.4.